The maximum atomic E-state index is 12.8. The summed E-state index contributed by atoms with van der Waals surface area (Å²) in [7, 11) is -3.31. The summed E-state index contributed by atoms with van der Waals surface area (Å²) in [4.78, 5) is 4.01. The van der Waals surface area contributed by atoms with Gasteiger partial charge in [0.05, 0.1) is 5.75 Å². The van der Waals surface area contributed by atoms with Gasteiger partial charge in [-0.05, 0) is 43.0 Å². The molecule has 2 heterocycles. The first-order chi connectivity index (χ1) is 10.6. The summed E-state index contributed by atoms with van der Waals surface area (Å²) in [6, 6.07) is 11.5. The molecule has 5 heteroatoms. The molecule has 1 aromatic carbocycles. The molecule has 1 fully saturated rings. The number of hydrogen-bond donors (Lipinski definition) is 0. The van der Waals surface area contributed by atoms with E-state index in [0.717, 1.165) is 29.5 Å². The molecule has 0 bridgehead atoms. The summed E-state index contributed by atoms with van der Waals surface area (Å²) in [5.74, 6) is 0.0643. The minimum absolute atomic E-state index is 0.0570. The van der Waals surface area contributed by atoms with E-state index in [1.165, 1.54) is 0 Å². The van der Waals surface area contributed by atoms with E-state index in [2.05, 4.69) is 4.98 Å². The van der Waals surface area contributed by atoms with Crippen molar-refractivity contribution in [1.82, 2.24) is 9.29 Å². The zero-order valence-corrected chi connectivity index (χ0v) is 13.5. The van der Waals surface area contributed by atoms with Gasteiger partial charge in [-0.3, -0.25) is 4.98 Å². The van der Waals surface area contributed by atoms with Crippen molar-refractivity contribution in [1.29, 1.82) is 0 Å². The monoisotopic (exact) mass is 316 g/mol. The predicted octanol–water partition coefficient (Wildman–Crippen LogP) is 3.06. The quantitative estimate of drug-likeness (QED) is 0.871. The van der Waals surface area contributed by atoms with E-state index in [1.54, 1.807) is 16.7 Å². The first kappa shape index (κ1) is 15.2. The fourth-order valence-corrected chi connectivity index (χ4v) is 4.77. The molecule has 0 spiro atoms. The topological polar surface area (TPSA) is 50.3 Å². The number of sulfonamides is 1. The zero-order valence-electron chi connectivity index (χ0n) is 12.6. The molecule has 0 aliphatic carbocycles. The van der Waals surface area contributed by atoms with Crippen molar-refractivity contribution in [2.45, 2.75) is 31.6 Å². The molecule has 0 radical (unpaired) electrons. The Morgan fingerprint density at radius 1 is 1.14 bits per heavy atom. The first-order valence-electron chi connectivity index (χ1n) is 7.51. The van der Waals surface area contributed by atoms with Gasteiger partial charge in [-0.15, -0.1) is 0 Å². The second-order valence-electron chi connectivity index (χ2n) is 5.79. The summed E-state index contributed by atoms with van der Waals surface area (Å²) in [6.45, 7) is 2.60. The van der Waals surface area contributed by atoms with Crippen molar-refractivity contribution >= 4 is 10.0 Å². The molecule has 22 heavy (non-hydrogen) atoms. The molecular weight excluding hydrogens is 296 g/mol. The number of rotatable bonds is 4. The Kier molecular flexibility index (Phi) is 4.27. The van der Waals surface area contributed by atoms with Crippen molar-refractivity contribution in [3.63, 3.8) is 0 Å². The Morgan fingerprint density at radius 3 is 2.50 bits per heavy atom. The molecule has 3 rings (SSSR count). The van der Waals surface area contributed by atoms with E-state index in [9.17, 15) is 8.42 Å². The highest BCUT2D eigenvalue weighted by Crippen LogP contribution is 2.34. The second kappa shape index (κ2) is 6.18. The molecule has 0 amide bonds. The molecule has 1 aliphatic heterocycles. The molecule has 1 saturated heterocycles. The average Bonchev–Trinajstić information content (AvgIpc) is 3.01. The maximum Gasteiger partial charge on any atom is 0.218 e. The van der Waals surface area contributed by atoms with Gasteiger partial charge in [0, 0.05) is 25.0 Å². The van der Waals surface area contributed by atoms with E-state index in [1.807, 2.05) is 43.3 Å². The van der Waals surface area contributed by atoms with Crippen LogP contribution in [0.15, 0.2) is 48.8 Å². The van der Waals surface area contributed by atoms with Gasteiger partial charge in [-0.2, -0.15) is 4.31 Å². The number of aryl methyl sites for hydroxylation is 1. The molecule has 116 valence electrons. The average molecular weight is 316 g/mol. The summed E-state index contributed by atoms with van der Waals surface area (Å²) >= 11 is 0. The van der Waals surface area contributed by atoms with E-state index >= 15 is 0 Å². The van der Waals surface area contributed by atoms with Crippen molar-refractivity contribution in [2.75, 3.05) is 6.54 Å². The number of benzene rings is 1. The maximum absolute atomic E-state index is 12.8. The summed E-state index contributed by atoms with van der Waals surface area (Å²) in [5, 5.41) is 0. The van der Waals surface area contributed by atoms with Gasteiger partial charge < -0.3 is 0 Å². The van der Waals surface area contributed by atoms with E-state index in [4.69, 9.17) is 0 Å². The van der Waals surface area contributed by atoms with E-state index in [0.29, 0.717) is 6.54 Å². The van der Waals surface area contributed by atoms with Gasteiger partial charge >= 0.3 is 0 Å². The number of nitrogens with zero attached hydrogens (tertiary/aromatic N) is 2. The lowest BCUT2D eigenvalue weighted by molar-refractivity contribution is 0.396. The fraction of sp³-hybridized carbons (Fsp3) is 0.353. The standard InChI is InChI=1S/C17H20N2O2S/c1-14-4-6-15(7-5-14)13-22(20,21)19-12-2-3-17(19)16-8-10-18-11-9-16/h4-11,17H,2-3,12-13H2,1H3. The molecule has 1 aliphatic rings. The van der Waals surface area contributed by atoms with Crippen LogP contribution >= 0.6 is 0 Å². The number of aromatic nitrogens is 1. The second-order valence-corrected chi connectivity index (χ2v) is 7.71. The van der Waals surface area contributed by atoms with Crippen molar-refractivity contribution in [2.24, 2.45) is 0 Å². The third-order valence-corrected chi connectivity index (χ3v) is 5.97. The van der Waals surface area contributed by atoms with Crippen LogP contribution < -0.4 is 0 Å². The molecular formula is C17H20N2O2S. The van der Waals surface area contributed by atoms with Crippen molar-refractivity contribution in [3.8, 4) is 0 Å². The molecule has 1 unspecified atom stereocenters. The van der Waals surface area contributed by atoms with Crippen LogP contribution in [0, 0.1) is 6.92 Å². The van der Waals surface area contributed by atoms with Crippen LogP contribution in [0.5, 0.6) is 0 Å². The normalized spacial score (nSPS) is 19.4. The SMILES string of the molecule is Cc1ccc(CS(=O)(=O)N2CCCC2c2ccncc2)cc1. The first-order valence-corrected chi connectivity index (χ1v) is 9.12. The Hall–Kier alpha value is -1.72. The van der Waals surface area contributed by atoms with E-state index in [-0.39, 0.29) is 11.8 Å². The summed E-state index contributed by atoms with van der Waals surface area (Å²) in [6.07, 6.45) is 5.22. The summed E-state index contributed by atoms with van der Waals surface area (Å²) in [5.41, 5.74) is 3.00. The highest BCUT2D eigenvalue weighted by Gasteiger charge is 2.34. The van der Waals surface area contributed by atoms with Crippen molar-refractivity contribution in [3.05, 3.63) is 65.5 Å². The molecule has 1 atom stereocenters. The fourth-order valence-electron chi connectivity index (χ4n) is 2.97. The van der Waals surface area contributed by atoms with Crippen LogP contribution in [-0.2, 0) is 15.8 Å². The Balaban J connectivity index is 1.83. The Morgan fingerprint density at radius 2 is 1.82 bits per heavy atom. The molecule has 0 saturated carbocycles. The summed E-state index contributed by atoms with van der Waals surface area (Å²) < 4.78 is 27.2. The van der Waals surface area contributed by atoms with E-state index < -0.39 is 10.0 Å². The van der Waals surface area contributed by atoms with Crippen LogP contribution in [0.25, 0.3) is 0 Å². The van der Waals surface area contributed by atoms with Gasteiger partial charge in [0.2, 0.25) is 10.0 Å². The molecule has 1 aromatic heterocycles. The lowest BCUT2D eigenvalue weighted by atomic mass is 10.1. The van der Waals surface area contributed by atoms with Gasteiger partial charge in [0.25, 0.3) is 0 Å². The lowest BCUT2D eigenvalue weighted by Crippen LogP contribution is -2.31. The van der Waals surface area contributed by atoms with Crippen molar-refractivity contribution < 1.29 is 8.42 Å². The Labute approximate surface area is 131 Å². The highest BCUT2D eigenvalue weighted by molar-refractivity contribution is 7.88. The van der Waals surface area contributed by atoms with Gasteiger partial charge in [-0.1, -0.05) is 29.8 Å². The third-order valence-electron chi connectivity index (χ3n) is 4.12. The molecule has 4 nitrogen and oxygen atoms in total. The third kappa shape index (κ3) is 3.20. The smallest absolute Gasteiger partial charge is 0.218 e. The van der Waals surface area contributed by atoms with Gasteiger partial charge in [0.15, 0.2) is 0 Å². The number of pyridine rings is 1. The van der Waals surface area contributed by atoms with Crippen LogP contribution in [0.3, 0.4) is 0 Å². The highest BCUT2D eigenvalue weighted by atomic mass is 32.2. The Bertz CT molecular complexity index is 727. The van der Waals surface area contributed by atoms with Gasteiger partial charge in [0.1, 0.15) is 0 Å². The predicted molar refractivity (Wildman–Crippen MR) is 86.7 cm³/mol. The van der Waals surface area contributed by atoms with Crippen LogP contribution in [-0.4, -0.2) is 24.3 Å². The molecule has 2 aromatic rings. The van der Waals surface area contributed by atoms with Crippen LogP contribution in [0.2, 0.25) is 0 Å². The minimum Gasteiger partial charge on any atom is -0.265 e. The van der Waals surface area contributed by atoms with Gasteiger partial charge in [-0.25, -0.2) is 8.42 Å². The van der Waals surface area contributed by atoms with Crippen LogP contribution in [0.1, 0.15) is 35.6 Å². The largest absolute Gasteiger partial charge is 0.265 e. The minimum atomic E-state index is -3.31. The number of hydrogen-bond acceptors (Lipinski definition) is 3. The van der Waals surface area contributed by atoms with Crippen LogP contribution in [0.4, 0.5) is 0 Å². The molecule has 0 N–H and O–H groups in total. The zero-order chi connectivity index (χ0) is 15.6. The lowest BCUT2D eigenvalue weighted by Gasteiger charge is -2.24.